The lowest BCUT2D eigenvalue weighted by Crippen LogP contribution is -2.26. The molecule has 20 heavy (non-hydrogen) atoms. The molecule has 0 saturated heterocycles. The molecule has 0 atom stereocenters. The highest BCUT2D eigenvalue weighted by Gasteiger charge is 2.28. The van der Waals surface area contributed by atoms with Crippen molar-refractivity contribution in [2.24, 2.45) is 0 Å². The maximum absolute atomic E-state index is 12.2. The molecule has 0 amide bonds. The number of hydrogen-bond donors (Lipinski definition) is 2. The Balaban J connectivity index is 2.30. The highest BCUT2D eigenvalue weighted by Crippen LogP contribution is 2.35. The molecule has 108 valence electrons. The van der Waals surface area contributed by atoms with E-state index in [9.17, 15) is 18.5 Å². The minimum absolute atomic E-state index is 0.0338. The number of thiophene rings is 1. The van der Waals surface area contributed by atoms with E-state index in [1.165, 1.54) is 13.4 Å². The first-order valence-electron chi connectivity index (χ1n) is 5.16. The van der Waals surface area contributed by atoms with Gasteiger partial charge in [0.15, 0.2) is 5.00 Å². The van der Waals surface area contributed by atoms with Crippen LogP contribution in [0.5, 0.6) is 0 Å². The molecule has 0 unspecified atom stereocenters. The predicted octanol–water partition coefficient (Wildman–Crippen LogP) is 0.177. The molecule has 10 nitrogen and oxygen atoms in total. The Morgan fingerprint density at radius 1 is 1.60 bits per heavy atom. The van der Waals surface area contributed by atoms with Crippen LogP contribution in [-0.2, 0) is 16.6 Å². The number of nitrogens with zero attached hydrogens (tertiary/aromatic N) is 4. The number of anilines is 1. The summed E-state index contributed by atoms with van der Waals surface area (Å²) in [5, 5.41) is 16.7. The van der Waals surface area contributed by atoms with Crippen molar-refractivity contribution in [2.75, 3.05) is 12.8 Å². The second-order valence-electron chi connectivity index (χ2n) is 3.77. The van der Waals surface area contributed by atoms with Crippen LogP contribution in [0, 0.1) is 10.1 Å². The van der Waals surface area contributed by atoms with E-state index in [1.54, 1.807) is 0 Å². The Morgan fingerprint density at radius 2 is 2.30 bits per heavy atom. The third kappa shape index (κ3) is 2.61. The van der Waals surface area contributed by atoms with Crippen molar-refractivity contribution < 1.29 is 13.3 Å². The maximum Gasteiger partial charge on any atom is 0.304 e. The smallest absolute Gasteiger partial charge is 0.304 e. The van der Waals surface area contributed by atoms with Crippen LogP contribution in [0.15, 0.2) is 16.6 Å². The molecule has 2 heterocycles. The molecule has 0 bridgehead atoms. The van der Waals surface area contributed by atoms with E-state index in [1.807, 2.05) is 0 Å². The van der Waals surface area contributed by atoms with Gasteiger partial charge in [0.25, 0.3) is 10.0 Å². The van der Waals surface area contributed by atoms with Gasteiger partial charge in [0, 0.05) is 13.1 Å². The molecule has 0 spiro atoms. The van der Waals surface area contributed by atoms with Gasteiger partial charge in [0.05, 0.1) is 11.5 Å². The topological polar surface area (TPSA) is 148 Å². The minimum atomic E-state index is -3.87. The second-order valence-corrected chi connectivity index (χ2v) is 7.12. The predicted molar refractivity (Wildman–Crippen MR) is 70.4 cm³/mol. The number of H-pyrrole nitrogens is 1. The highest BCUT2D eigenvalue weighted by molar-refractivity contribution is 7.91. The summed E-state index contributed by atoms with van der Waals surface area (Å²) in [7, 11) is -2.54. The summed E-state index contributed by atoms with van der Waals surface area (Å²) in [6.07, 6.45) is 1.25. The second kappa shape index (κ2) is 5.15. The van der Waals surface area contributed by atoms with E-state index in [-0.39, 0.29) is 15.8 Å². The molecule has 0 aliphatic heterocycles. The molecule has 0 aromatic carbocycles. The third-order valence-corrected chi connectivity index (χ3v) is 5.62. The lowest BCUT2D eigenvalue weighted by Gasteiger charge is -2.13. The molecule has 0 radical (unpaired) electrons. The van der Waals surface area contributed by atoms with Crippen LogP contribution < -0.4 is 5.73 Å². The van der Waals surface area contributed by atoms with Gasteiger partial charge in [-0.05, 0) is 0 Å². The summed E-state index contributed by atoms with van der Waals surface area (Å²) in [4.78, 5) is 13.8. The molecular formula is C8H10N6O4S2. The molecule has 2 aromatic rings. The van der Waals surface area contributed by atoms with E-state index >= 15 is 0 Å². The van der Waals surface area contributed by atoms with E-state index in [0.717, 1.165) is 10.4 Å². The van der Waals surface area contributed by atoms with Gasteiger partial charge < -0.3 is 5.73 Å². The van der Waals surface area contributed by atoms with Crippen LogP contribution in [0.1, 0.15) is 5.82 Å². The number of nitro groups is 1. The quantitative estimate of drug-likeness (QED) is 0.589. The van der Waals surface area contributed by atoms with Gasteiger partial charge in [-0.1, -0.05) is 11.3 Å². The lowest BCUT2D eigenvalue weighted by atomic mass is 10.5. The van der Waals surface area contributed by atoms with Gasteiger partial charge in [-0.2, -0.15) is 9.40 Å². The van der Waals surface area contributed by atoms with Crippen LogP contribution in [0.3, 0.4) is 0 Å². The standard InChI is InChI=1S/C8H10N6O4S2/c1-13(3-6-10-4-11-12-6)20(17,18)7-2-5(14(15)16)8(9)19-7/h2,4H,3,9H2,1H3,(H,10,11,12). The lowest BCUT2D eigenvalue weighted by molar-refractivity contribution is -0.383. The Labute approximate surface area is 117 Å². The Morgan fingerprint density at radius 3 is 2.80 bits per heavy atom. The number of aromatic amines is 1. The van der Waals surface area contributed by atoms with Gasteiger partial charge >= 0.3 is 5.69 Å². The highest BCUT2D eigenvalue weighted by atomic mass is 32.2. The number of rotatable bonds is 5. The van der Waals surface area contributed by atoms with Crippen molar-refractivity contribution in [1.82, 2.24) is 19.5 Å². The van der Waals surface area contributed by atoms with E-state index in [4.69, 9.17) is 5.73 Å². The Bertz CT molecular complexity index is 722. The average molecular weight is 318 g/mol. The Kier molecular flexibility index (Phi) is 3.69. The largest absolute Gasteiger partial charge is 0.385 e. The summed E-state index contributed by atoms with van der Waals surface area (Å²) in [6.45, 7) is -0.0338. The first kappa shape index (κ1) is 14.4. The van der Waals surface area contributed by atoms with E-state index in [2.05, 4.69) is 15.2 Å². The van der Waals surface area contributed by atoms with Crippen LogP contribution in [0.25, 0.3) is 0 Å². The summed E-state index contributed by atoms with van der Waals surface area (Å²) >= 11 is 0.651. The SMILES string of the molecule is CN(Cc1ncn[nH]1)S(=O)(=O)c1cc([N+](=O)[O-])c(N)s1. The third-order valence-electron chi connectivity index (χ3n) is 2.42. The van der Waals surface area contributed by atoms with Gasteiger partial charge in [0.2, 0.25) is 0 Å². The first-order valence-corrected chi connectivity index (χ1v) is 7.42. The number of sulfonamides is 1. The number of aromatic nitrogens is 3. The van der Waals surface area contributed by atoms with E-state index < -0.39 is 20.6 Å². The van der Waals surface area contributed by atoms with Crippen molar-refractivity contribution in [1.29, 1.82) is 0 Å². The van der Waals surface area contributed by atoms with Crippen LogP contribution >= 0.6 is 11.3 Å². The van der Waals surface area contributed by atoms with Crippen molar-refractivity contribution in [3.05, 3.63) is 28.3 Å². The fourth-order valence-corrected chi connectivity index (χ4v) is 3.96. The molecule has 12 heteroatoms. The molecule has 2 aromatic heterocycles. The van der Waals surface area contributed by atoms with Crippen molar-refractivity contribution in [2.45, 2.75) is 10.8 Å². The fraction of sp³-hybridized carbons (Fsp3) is 0.250. The number of nitrogens with two attached hydrogens (primary N) is 1. The van der Waals surface area contributed by atoms with Crippen LogP contribution in [-0.4, -0.2) is 39.9 Å². The maximum atomic E-state index is 12.2. The number of nitrogen functional groups attached to an aromatic ring is 1. The van der Waals surface area contributed by atoms with Gasteiger partial charge in [-0.25, -0.2) is 13.4 Å². The van der Waals surface area contributed by atoms with Gasteiger partial charge in [-0.15, -0.1) is 0 Å². The molecule has 0 saturated carbocycles. The monoisotopic (exact) mass is 318 g/mol. The van der Waals surface area contributed by atoms with Crippen LogP contribution in [0.4, 0.5) is 10.7 Å². The summed E-state index contributed by atoms with van der Waals surface area (Å²) < 4.78 is 25.3. The Hall–Kier alpha value is -2.05. The molecular weight excluding hydrogens is 308 g/mol. The molecule has 3 N–H and O–H groups in total. The first-order chi connectivity index (χ1) is 9.32. The summed E-state index contributed by atoms with van der Waals surface area (Å²) in [5.41, 5.74) is 5.03. The van der Waals surface area contributed by atoms with Crippen molar-refractivity contribution in [3.63, 3.8) is 0 Å². The summed E-state index contributed by atoms with van der Waals surface area (Å²) in [6, 6.07) is 0.951. The number of nitrogens with one attached hydrogen (secondary N) is 1. The van der Waals surface area contributed by atoms with Gasteiger partial charge in [0.1, 0.15) is 16.4 Å². The van der Waals surface area contributed by atoms with E-state index in [0.29, 0.717) is 17.2 Å². The molecule has 0 aliphatic rings. The normalized spacial score (nSPS) is 11.9. The van der Waals surface area contributed by atoms with Crippen molar-refractivity contribution in [3.8, 4) is 0 Å². The average Bonchev–Trinajstić information content (AvgIpc) is 2.98. The summed E-state index contributed by atoms with van der Waals surface area (Å²) in [5.74, 6) is 0.357. The fourth-order valence-electron chi connectivity index (χ4n) is 1.40. The minimum Gasteiger partial charge on any atom is -0.385 e. The van der Waals surface area contributed by atoms with Crippen molar-refractivity contribution >= 4 is 32.0 Å². The molecule has 2 rings (SSSR count). The zero-order chi connectivity index (χ0) is 14.9. The van der Waals surface area contributed by atoms with Gasteiger partial charge in [-0.3, -0.25) is 15.2 Å². The van der Waals surface area contributed by atoms with Crippen LogP contribution in [0.2, 0.25) is 0 Å². The molecule has 0 aliphatic carbocycles. The zero-order valence-corrected chi connectivity index (χ0v) is 11.8. The molecule has 0 fully saturated rings. The zero-order valence-electron chi connectivity index (χ0n) is 10.2. The number of hydrogen-bond acceptors (Lipinski definition) is 8.